The molecule has 1 atom stereocenters. The van der Waals surface area contributed by atoms with Gasteiger partial charge in [-0.1, -0.05) is 53.7 Å². The van der Waals surface area contributed by atoms with E-state index in [1.54, 1.807) is 36.2 Å². The molecule has 1 unspecified atom stereocenters. The summed E-state index contributed by atoms with van der Waals surface area (Å²) in [4.78, 5) is 14.3. The summed E-state index contributed by atoms with van der Waals surface area (Å²) in [6.45, 7) is 2.52. The SMILES string of the molecule is CC(Sc1nnc(COc2ccc(Cl)cc2)o1)C(=O)N(C)Cc1ccccc1. The molecule has 1 aromatic heterocycles. The second kappa shape index (κ2) is 9.61. The Kier molecular flexibility index (Phi) is 6.95. The Morgan fingerprint density at radius 2 is 1.89 bits per heavy atom. The minimum atomic E-state index is -0.348. The van der Waals surface area contributed by atoms with Crippen molar-refractivity contribution in [3.63, 3.8) is 0 Å². The molecule has 0 aliphatic rings. The van der Waals surface area contributed by atoms with Crippen LogP contribution in [-0.4, -0.2) is 33.3 Å². The van der Waals surface area contributed by atoms with Crippen molar-refractivity contribution in [2.45, 2.75) is 30.5 Å². The van der Waals surface area contributed by atoms with Crippen LogP contribution in [0, 0.1) is 0 Å². The Morgan fingerprint density at radius 3 is 2.61 bits per heavy atom. The Hall–Kier alpha value is -2.51. The van der Waals surface area contributed by atoms with E-state index < -0.39 is 0 Å². The fraction of sp³-hybridized carbons (Fsp3) is 0.250. The molecule has 0 radical (unpaired) electrons. The van der Waals surface area contributed by atoms with Gasteiger partial charge < -0.3 is 14.1 Å². The van der Waals surface area contributed by atoms with Gasteiger partial charge in [-0.15, -0.1) is 10.2 Å². The van der Waals surface area contributed by atoms with Gasteiger partial charge in [0, 0.05) is 18.6 Å². The first-order valence-corrected chi connectivity index (χ1v) is 9.93. The van der Waals surface area contributed by atoms with E-state index in [-0.39, 0.29) is 17.8 Å². The van der Waals surface area contributed by atoms with E-state index in [0.717, 1.165) is 5.56 Å². The summed E-state index contributed by atoms with van der Waals surface area (Å²) in [5.41, 5.74) is 1.08. The maximum absolute atomic E-state index is 12.6. The zero-order valence-corrected chi connectivity index (χ0v) is 17.1. The number of carbonyl (C=O) groups is 1. The van der Waals surface area contributed by atoms with E-state index in [2.05, 4.69) is 10.2 Å². The Balaban J connectivity index is 1.50. The number of thioether (sulfide) groups is 1. The summed E-state index contributed by atoms with van der Waals surface area (Å²) in [5.74, 6) is 0.989. The number of amides is 1. The number of hydrogen-bond acceptors (Lipinski definition) is 6. The first-order chi connectivity index (χ1) is 13.5. The number of carbonyl (C=O) groups excluding carboxylic acids is 1. The van der Waals surface area contributed by atoms with Gasteiger partial charge in [-0.25, -0.2) is 0 Å². The molecule has 2 aromatic carbocycles. The topological polar surface area (TPSA) is 68.5 Å². The lowest BCUT2D eigenvalue weighted by Crippen LogP contribution is -2.32. The van der Waals surface area contributed by atoms with E-state index in [1.807, 2.05) is 37.3 Å². The van der Waals surface area contributed by atoms with Gasteiger partial charge >= 0.3 is 0 Å². The molecular weight excluding hydrogens is 398 g/mol. The average molecular weight is 418 g/mol. The number of rotatable bonds is 8. The minimum Gasteiger partial charge on any atom is -0.484 e. The zero-order valence-electron chi connectivity index (χ0n) is 15.5. The quantitative estimate of drug-likeness (QED) is 0.504. The maximum Gasteiger partial charge on any atom is 0.277 e. The van der Waals surface area contributed by atoms with Crippen LogP contribution in [0.1, 0.15) is 18.4 Å². The van der Waals surface area contributed by atoms with Gasteiger partial charge in [-0.05, 0) is 36.8 Å². The molecule has 28 heavy (non-hydrogen) atoms. The maximum atomic E-state index is 12.6. The van der Waals surface area contributed by atoms with Crippen molar-refractivity contribution in [3.05, 3.63) is 71.1 Å². The molecule has 1 amide bonds. The predicted octanol–water partition coefficient (Wildman–Crippen LogP) is 4.44. The third-order valence-electron chi connectivity index (χ3n) is 3.89. The van der Waals surface area contributed by atoms with Crippen LogP contribution in [0.2, 0.25) is 5.02 Å². The number of halogens is 1. The van der Waals surface area contributed by atoms with Gasteiger partial charge in [-0.2, -0.15) is 0 Å². The Labute approximate surface area is 172 Å². The van der Waals surface area contributed by atoms with Crippen molar-refractivity contribution in [3.8, 4) is 5.75 Å². The van der Waals surface area contributed by atoms with Gasteiger partial charge in [0.05, 0.1) is 5.25 Å². The van der Waals surface area contributed by atoms with Gasteiger partial charge in [0.25, 0.3) is 11.1 Å². The number of hydrogen-bond donors (Lipinski definition) is 0. The van der Waals surface area contributed by atoms with Crippen LogP contribution < -0.4 is 4.74 Å². The molecule has 0 spiro atoms. The number of nitrogens with zero attached hydrogens (tertiary/aromatic N) is 3. The monoisotopic (exact) mass is 417 g/mol. The van der Waals surface area contributed by atoms with Crippen LogP contribution in [0.4, 0.5) is 0 Å². The zero-order chi connectivity index (χ0) is 19.9. The highest BCUT2D eigenvalue weighted by Gasteiger charge is 2.21. The molecule has 8 heteroatoms. The predicted molar refractivity (Wildman–Crippen MR) is 108 cm³/mol. The third kappa shape index (κ3) is 5.74. The summed E-state index contributed by atoms with van der Waals surface area (Å²) in [6.07, 6.45) is 0. The fourth-order valence-corrected chi connectivity index (χ4v) is 3.41. The van der Waals surface area contributed by atoms with Crippen LogP contribution in [0.3, 0.4) is 0 Å². The molecular formula is C20H20ClN3O3S. The van der Waals surface area contributed by atoms with Gasteiger partial charge in [0.2, 0.25) is 5.91 Å². The summed E-state index contributed by atoms with van der Waals surface area (Å²) < 4.78 is 11.1. The van der Waals surface area contributed by atoms with Crippen molar-refractivity contribution in [1.82, 2.24) is 15.1 Å². The highest BCUT2D eigenvalue weighted by atomic mass is 35.5. The molecule has 6 nitrogen and oxygen atoms in total. The lowest BCUT2D eigenvalue weighted by Gasteiger charge is -2.20. The van der Waals surface area contributed by atoms with Crippen LogP contribution in [-0.2, 0) is 17.9 Å². The minimum absolute atomic E-state index is 0.00832. The van der Waals surface area contributed by atoms with Crippen LogP contribution >= 0.6 is 23.4 Å². The highest BCUT2D eigenvalue weighted by molar-refractivity contribution is 8.00. The molecule has 3 rings (SSSR count). The molecule has 0 fully saturated rings. The van der Waals surface area contributed by atoms with E-state index >= 15 is 0 Å². The molecule has 0 saturated heterocycles. The van der Waals surface area contributed by atoms with Crippen LogP contribution in [0.15, 0.2) is 64.2 Å². The smallest absolute Gasteiger partial charge is 0.277 e. The number of ether oxygens (including phenoxy) is 1. The fourth-order valence-electron chi connectivity index (χ4n) is 2.47. The standard InChI is InChI=1S/C20H20ClN3O3S/c1-14(19(25)24(2)12-15-6-4-3-5-7-15)28-20-23-22-18(27-20)13-26-17-10-8-16(21)9-11-17/h3-11,14H,12-13H2,1-2H3. The molecule has 0 aliphatic carbocycles. The van der Waals surface area contributed by atoms with Crippen molar-refractivity contribution >= 4 is 29.3 Å². The molecule has 0 aliphatic heterocycles. The highest BCUT2D eigenvalue weighted by Crippen LogP contribution is 2.24. The van der Waals surface area contributed by atoms with E-state index in [1.165, 1.54) is 11.8 Å². The van der Waals surface area contributed by atoms with E-state index in [9.17, 15) is 4.79 Å². The second-order valence-corrected chi connectivity index (χ2v) is 7.87. The van der Waals surface area contributed by atoms with Gasteiger partial charge in [0.1, 0.15) is 5.75 Å². The second-order valence-electron chi connectivity index (χ2n) is 6.14. The molecule has 146 valence electrons. The number of aromatic nitrogens is 2. The van der Waals surface area contributed by atoms with E-state index in [0.29, 0.717) is 28.4 Å². The van der Waals surface area contributed by atoms with Gasteiger partial charge in [-0.3, -0.25) is 4.79 Å². The average Bonchev–Trinajstić information content (AvgIpc) is 3.15. The first-order valence-electron chi connectivity index (χ1n) is 8.67. The Morgan fingerprint density at radius 1 is 1.18 bits per heavy atom. The van der Waals surface area contributed by atoms with Crippen LogP contribution in [0.5, 0.6) is 5.75 Å². The van der Waals surface area contributed by atoms with Gasteiger partial charge in [0.15, 0.2) is 6.61 Å². The summed E-state index contributed by atoms with van der Waals surface area (Å²) in [5, 5.41) is 8.57. The van der Waals surface area contributed by atoms with Crippen molar-refractivity contribution < 1.29 is 13.9 Å². The molecule has 1 heterocycles. The summed E-state index contributed by atoms with van der Waals surface area (Å²) in [7, 11) is 1.78. The largest absolute Gasteiger partial charge is 0.484 e. The van der Waals surface area contributed by atoms with Crippen molar-refractivity contribution in [2.24, 2.45) is 0 Å². The number of benzene rings is 2. The molecule has 3 aromatic rings. The van der Waals surface area contributed by atoms with E-state index in [4.69, 9.17) is 20.8 Å². The molecule has 0 bridgehead atoms. The Bertz CT molecular complexity index is 903. The lowest BCUT2D eigenvalue weighted by molar-refractivity contribution is -0.129. The molecule has 0 saturated carbocycles. The molecule has 0 N–H and O–H groups in total. The lowest BCUT2D eigenvalue weighted by atomic mass is 10.2. The van der Waals surface area contributed by atoms with Crippen LogP contribution in [0.25, 0.3) is 0 Å². The first kappa shape index (κ1) is 20.2. The van der Waals surface area contributed by atoms with Crippen molar-refractivity contribution in [1.29, 1.82) is 0 Å². The third-order valence-corrected chi connectivity index (χ3v) is 5.06. The normalized spacial score (nSPS) is 11.8. The summed E-state index contributed by atoms with van der Waals surface area (Å²) in [6, 6.07) is 16.9. The summed E-state index contributed by atoms with van der Waals surface area (Å²) >= 11 is 7.07. The van der Waals surface area contributed by atoms with Crippen molar-refractivity contribution in [2.75, 3.05) is 7.05 Å².